The van der Waals surface area contributed by atoms with E-state index in [4.69, 9.17) is 13.3 Å². The van der Waals surface area contributed by atoms with Crippen molar-refractivity contribution in [3.8, 4) is 0 Å². The molecule has 0 radical (unpaired) electrons. The highest BCUT2D eigenvalue weighted by Gasteiger charge is 2.39. The molecule has 0 fully saturated rings. The number of aryl methyl sites for hydroxylation is 1. The molecule has 2 heterocycles. The van der Waals surface area contributed by atoms with E-state index in [1.807, 2.05) is 20.8 Å². The summed E-state index contributed by atoms with van der Waals surface area (Å²) >= 11 is 0. The molecule has 2 rings (SSSR count). The van der Waals surface area contributed by atoms with Crippen molar-refractivity contribution in [1.82, 2.24) is 40.8 Å². The minimum Gasteiger partial charge on any atom is -0.374 e. The van der Waals surface area contributed by atoms with Crippen LogP contribution in [0.1, 0.15) is 27.2 Å². The molecule has 134 valence electrons. The van der Waals surface area contributed by atoms with E-state index in [0.717, 1.165) is 6.42 Å². The Morgan fingerprint density at radius 2 is 1.75 bits per heavy atom. The van der Waals surface area contributed by atoms with Crippen LogP contribution in [0, 0.1) is 0 Å². The van der Waals surface area contributed by atoms with Gasteiger partial charge in [-0.15, -0.1) is 0 Å². The molecule has 0 unspecified atom stereocenters. The summed E-state index contributed by atoms with van der Waals surface area (Å²) in [5, 5.41) is 27.7. The fraction of sp³-hybridized carbons (Fsp3) is 0.818. The predicted molar refractivity (Wildman–Crippen MR) is 85.3 cm³/mol. The molecular formula is C11H23N9O3Si. The van der Waals surface area contributed by atoms with E-state index in [1.54, 1.807) is 4.68 Å². The van der Waals surface area contributed by atoms with E-state index in [-0.39, 0.29) is 0 Å². The van der Waals surface area contributed by atoms with Gasteiger partial charge in [0.1, 0.15) is 0 Å². The number of hydrogen-bond donors (Lipinski definition) is 2. The van der Waals surface area contributed by atoms with Crippen LogP contribution in [0.15, 0.2) is 0 Å². The summed E-state index contributed by atoms with van der Waals surface area (Å²) in [6.07, 6.45) is 0.751. The van der Waals surface area contributed by atoms with Crippen LogP contribution in [0.5, 0.6) is 0 Å². The van der Waals surface area contributed by atoms with Crippen molar-refractivity contribution in [2.24, 2.45) is 0 Å². The summed E-state index contributed by atoms with van der Waals surface area (Å²) in [5.41, 5.74) is 0. The summed E-state index contributed by atoms with van der Waals surface area (Å²) in [5.74, 6) is 0.817. The highest BCUT2D eigenvalue weighted by molar-refractivity contribution is 6.60. The molecule has 2 N–H and O–H groups in total. The molecule has 0 atom stereocenters. The molecule has 0 saturated carbocycles. The van der Waals surface area contributed by atoms with E-state index < -0.39 is 8.80 Å². The fourth-order valence-electron chi connectivity index (χ4n) is 2.21. The number of tetrazole rings is 2. The van der Waals surface area contributed by atoms with Crippen LogP contribution in [-0.4, -0.2) is 69.5 Å². The molecule has 13 heteroatoms. The molecule has 0 aliphatic carbocycles. The smallest absolute Gasteiger partial charge is 0.374 e. The molecule has 0 aliphatic heterocycles. The average Bonchev–Trinajstić information content (AvgIpc) is 3.21. The number of aromatic nitrogens is 8. The Bertz CT molecular complexity index is 562. The SMILES string of the molecule is CCO[Si](CCCn1nnnc1Nc1nnn[nH]1)(OCC)OCC. The predicted octanol–water partition coefficient (Wildman–Crippen LogP) is 0.368. The third-order valence-corrected chi connectivity index (χ3v) is 6.20. The third-order valence-electron chi connectivity index (χ3n) is 3.05. The van der Waals surface area contributed by atoms with Crippen LogP contribution in [0.4, 0.5) is 11.9 Å². The molecule has 0 aliphatic rings. The minimum atomic E-state index is -2.65. The molecular weight excluding hydrogens is 334 g/mol. The average molecular weight is 357 g/mol. The number of aromatic amines is 1. The number of nitrogens with zero attached hydrogens (tertiary/aromatic N) is 7. The quantitative estimate of drug-likeness (QED) is 0.512. The molecule has 0 spiro atoms. The third kappa shape index (κ3) is 5.02. The maximum atomic E-state index is 5.83. The Labute approximate surface area is 140 Å². The molecule has 12 nitrogen and oxygen atoms in total. The minimum absolute atomic E-state index is 0.368. The maximum Gasteiger partial charge on any atom is 0.500 e. The van der Waals surface area contributed by atoms with Gasteiger partial charge in [0, 0.05) is 32.4 Å². The zero-order valence-corrected chi connectivity index (χ0v) is 15.1. The van der Waals surface area contributed by atoms with Gasteiger partial charge in [-0.2, -0.15) is 0 Å². The van der Waals surface area contributed by atoms with Crippen molar-refractivity contribution < 1.29 is 13.3 Å². The topological polar surface area (TPSA) is 138 Å². The lowest BCUT2D eigenvalue weighted by molar-refractivity contribution is 0.0704. The van der Waals surface area contributed by atoms with Gasteiger partial charge in [-0.1, -0.05) is 10.2 Å². The lowest BCUT2D eigenvalue weighted by atomic mass is 10.5. The Balaban J connectivity index is 1.93. The van der Waals surface area contributed by atoms with E-state index in [2.05, 4.69) is 41.5 Å². The summed E-state index contributed by atoms with van der Waals surface area (Å²) in [7, 11) is -2.65. The van der Waals surface area contributed by atoms with Crippen molar-refractivity contribution in [2.75, 3.05) is 25.1 Å². The number of H-pyrrole nitrogens is 1. The molecule has 0 saturated heterocycles. The van der Waals surface area contributed by atoms with E-state index in [1.165, 1.54) is 0 Å². The molecule has 2 aromatic heterocycles. The zero-order chi connectivity index (χ0) is 17.3. The number of rotatable bonds is 12. The van der Waals surface area contributed by atoms with Crippen molar-refractivity contribution in [3.63, 3.8) is 0 Å². The molecule has 2 aromatic rings. The first-order chi connectivity index (χ1) is 11.7. The molecule has 0 aromatic carbocycles. The molecule has 0 bridgehead atoms. The lowest BCUT2D eigenvalue weighted by Gasteiger charge is -2.28. The number of nitrogens with one attached hydrogen (secondary N) is 2. The van der Waals surface area contributed by atoms with Crippen LogP contribution >= 0.6 is 0 Å². The Morgan fingerprint density at radius 3 is 2.33 bits per heavy atom. The van der Waals surface area contributed by atoms with Crippen LogP contribution in [0.3, 0.4) is 0 Å². The van der Waals surface area contributed by atoms with Gasteiger partial charge < -0.3 is 13.3 Å². The summed E-state index contributed by atoms with van der Waals surface area (Å²) in [6, 6.07) is 0.686. The Hall–Kier alpha value is -1.96. The van der Waals surface area contributed by atoms with Gasteiger partial charge in [-0.25, -0.2) is 9.78 Å². The van der Waals surface area contributed by atoms with Crippen LogP contribution in [0.2, 0.25) is 6.04 Å². The highest BCUT2D eigenvalue weighted by Crippen LogP contribution is 2.19. The first-order valence-corrected chi connectivity index (χ1v) is 9.85. The van der Waals surface area contributed by atoms with Crippen molar-refractivity contribution in [2.45, 2.75) is 39.8 Å². The van der Waals surface area contributed by atoms with Gasteiger partial charge in [0.15, 0.2) is 0 Å². The van der Waals surface area contributed by atoms with Crippen LogP contribution in [-0.2, 0) is 19.8 Å². The molecule has 0 amide bonds. The second-order valence-electron chi connectivity index (χ2n) is 4.69. The number of hydrogen-bond acceptors (Lipinski definition) is 10. The highest BCUT2D eigenvalue weighted by atomic mass is 28.4. The monoisotopic (exact) mass is 357 g/mol. The largest absolute Gasteiger partial charge is 0.500 e. The van der Waals surface area contributed by atoms with E-state index >= 15 is 0 Å². The summed E-state index contributed by atoms with van der Waals surface area (Å²) in [6.45, 7) is 8.07. The van der Waals surface area contributed by atoms with E-state index in [9.17, 15) is 0 Å². The normalized spacial score (nSPS) is 11.8. The van der Waals surface area contributed by atoms with Crippen molar-refractivity contribution in [1.29, 1.82) is 0 Å². The zero-order valence-electron chi connectivity index (χ0n) is 14.1. The fourth-order valence-corrected chi connectivity index (χ4v) is 4.80. The first-order valence-electron chi connectivity index (χ1n) is 7.91. The number of anilines is 2. The molecule has 24 heavy (non-hydrogen) atoms. The van der Waals surface area contributed by atoms with Crippen LogP contribution < -0.4 is 5.32 Å². The standard InChI is InChI=1S/C11H23N9O3Si/c1-4-21-24(22-5-2,23-6-3)9-7-8-20-11(15-18-19-20)12-10-13-16-17-14-10/h4-9H2,1-3H3,(H2,12,13,14,15,16,17,19). The van der Waals surface area contributed by atoms with Crippen molar-refractivity contribution in [3.05, 3.63) is 0 Å². The Morgan fingerprint density at radius 1 is 1.04 bits per heavy atom. The second-order valence-corrected chi connectivity index (χ2v) is 7.42. The van der Waals surface area contributed by atoms with Gasteiger partial charge in [0.05, 0.1) is 0 Å². The van der Waals surface area contributed by atoms with Crippen molar-refractivity contribution >= 4 is 20.7 Å². The van der Waals surface area contributed by atoms with Gasteiger partial charge >= 0.3 is 8.80 Å². The van der Waals surface area contributed by atoms with Gasteiger partial charge in [0.25, 0.3) is 0 Å². The van der Waals surface area contributed by atoms with E-state index in [0.29, 0.717) is 44.3 Å². The van der Waals surface area contributed by atoms with Gasteiger partial charge in [-0.05, 0) is 48.0 Å². The first kappa shape index (κ1) is 18.4. The second kappa shape index (κ2) is 9.36. The Kier molecular flexibility index (Phi) is 7.17. The van der Waals surface area contributed by atoms with Gasteiger partial charge in [0.2, 0.25) is 11.9 Å². The lowest BCUT2D eigenvalue weighted by Crippen LogP contribution is -2.46. The summed E-state index contributed by atoms with van der Waals surface area (Å²) in [4.78, 5) is 0. The van der Waals surface area contributed by atoms with Crippen LogP contribution in [0.25, 0.3) is 0 Å². The van der Waals surface area contributed by atoms with Gasteiger partial charge in [-0.3, -0.25) is 5.32 Å². The summed E-state index contributed by atoms with van der Waals surface area (Å²) < 4.78 is 19.1. The maximum absolute atomic E-state index is 5.83.